The number of aryl methyl sites for hydroxylation is 1. The SMILES string of the molecule is CCCCCCCC(=O)NC1CS[C@@H]2c3c(OC(C)=O)c(C)c4c(c3[C@H](COC1=O)N1C2[C@H]2c3c(cc(C)c(OC)c3OCOC)C[C@@H]([C@@H]1C#N)N2C)OCO4. The highest BCUT2D eigenvalue weighted by molar-refractivity contribution is 7.99. The second-order valence-electron chi connectivity index (χ2n) is 15.2. The molecule has 8 rings (SSSR count). The molecule has 0 aliphatic carbocycles. The van der Waals surface area contributed by atoms with Crippen LogP contribution in [0.1, 0.15) is 103 Å². The molecule has 56 heavy (non-hydrogen) atoms. The molecule has 0 aromatic heterocycles. The number of thioether (sulfide) groups is 1. The van der Waals surface area contributed by atoms with Gasteiger partial charge in [0.1, 0.15) is 24.4 Å². The zero-order valence-corrected chi connectivity index (χ0v) is 34.0. The van der Waals surface area contributed by atoms with Crippen LogP contribution >= 0.6 is 11.8 Å². The number of hydrogen-bond donors (Lipinski definition) is 1. The molecular weight excluding hydrogens is 741 g/mol. The number of amides is 1. The zero-order valence-electron chi connectivity index (χ0n) is 33.2. The number of nitriles is 1. The number of methoxy groups -OCH3 is 2. The molecule has 1 amide bonds. The van der Waals surface area contributed by atoms with Crippen LogP contribution in [0.2, 0.25) is 0 Å². The van der Waals surface area contributed by atoms with Crippen molar-refractivity contribution in [1.29, 1.82) is 5.26 Å². The highest BCUT2D eigenvalue weighted by atomic mass is 32.2. The van der Waals surface area contributed by atoms with Crippen LogP contribution < -0.4 is 29.0 Å². The summed E-state index contributed by atoms with van der Waals surface area (Å²) in [5.74, 6) is 1.32. The number of hydrogen-bond acceptors (Lipinski definition) is 14. The average molecular weight is 793 g/mol. The number of esters is 2. The molecule has 0 spiro atoms. The molecule has 1 N–H and O–H groups in total. The Labute approximate surface area is 332 Å². The number of carbonyl (C=O) groups is 3. The maximum Gasteiger partial charge on any atom is 0.329 e. The van der Waals surface area contributed by atoms with Gasteiger partial charge in [-0.2, -0.15) is 5.26 Å². The Hall–Kier alpha value is -4.23. The van der Waals surface area contributed by atoms with Crippen LogP contribution in [-0.4, -0.2) is 99.0 Å². The molecule has 6 heterocycles. The summed E-state index contributed by atoms with van der Waals surface area (Å²) in [7, 11) is 5.22. The quantitative estimate of drug-likeness (QED) is 0.127. The highest BCUT2D eigenvalue weighted by Crippen LogP contribution is 2.64. The van der Waals surface area contributed by atoms with Crippen LogP contribution in [0.3, 0.4) is 0 Å². The van der Waals surface area contributed by atoms with E-state index in [1.165, 1.54) is 18.7 Å². The van der Waals surface area contributed by atoms with Crippen LogP contribution in [0, 0.1) is 25.2 Å². The first-order valence-corrected chi connectivity index (χ1v) is 20.5. The van der Waals surface area contributed by atoms with Crippen molar-refractivity contribution in [1.82, 2.24) is 15.1 Å². The van der Waals surface area contributed by atoms with Gasteiger partial charge in [-0.15, -0.1) is 11.8 Å². The van der Waals surface area contributed by atoms with Crippen molar-refractivity contribution in [2.24, 2.45) is 0 Å². The molecule has 6 aliphatic heterocycles. The van der Waals surface area contributed by atoms with Gasteiger partial charge in [0.05, 0.1) is 30.5 Å². The molecule has 2 unspecified atom stereocenters. The lowest BCUT2D eigenvalue weighted by Crippen LogP contribution is -2.69. The van der Waals surface area contributed by atoms with Crippen LogP contribution in [0.25, 0.3) is 0 Å². The third-order valence-corrected chi connectivity index (χ3v) is 13.2. The number of ether oxygens (including phenoxy) is 7. The standard InChI is InChI=1S/C41H52N4O10S/c1-8-9-10-11-12-13-29(47)43-25-18-56-40-32-31(39-37(53-20-54-39)22(3)36(32)55-23(4)46)28(17-51-41(25)48)45-27(16-42)26-15-24-14-21(2)35(50-7)38(52-19-49-6)30(24)33(34(40)45)44(26)5/h14,25-28,33-34,40H,8-13,15,17-20H2,1-7H3,(H,43,47)/t25?,26-,27-,28-,33+,34?,40+/m0/s1. The summed E-state index contributed by atoms with van der Waals surface area (Å²) in [6, 6.07) is 1.36. The minimum Gasteiger partial charge on any atom is -0.493 e. The molecule has 2 saturated heterocycles. The van der Waals surface area contributed by atoms with Crippen LogP contribution in [0.15, 0.2) is 6.07 Å². The predicted molar refractivity (Wildman–Crippen MR) is 206 cm³/mol. The molecule has 4 bridgehead atoms. The lowest BCUT2D eigenvalue weighted by Gasteiger charge is -2.61. The van der Waals surface area contributed by atoms with Crippen LogP contribution in [0.4, 0.5) is 0 Å². The smallest absolute Gasteiger partial charge is 0.329 e. The van der Waals surface area contributed by atoms with Crippen molar-refractivity contribution in [3.05, 3.63) is 39.4 Å². The van der Waals surface area contributed by atoms with Gasteiger partial charge in [0, 0.05) is 60.5 Å². The highest BCUT2D eigenvalue weighted by Gasteiger charge is 2.61. The van der Waals surface area contributed by atoms with Crippen molar-refractivity contribution in [3.63, 3.8) is 0 Å². The number of rotatable bonds is 12. The number of benzene rings is 2. The maximum absolute atomic E-state index is 13.9. The first kappa shape index (κ1) is 40.0. The van der Waals surface area contributed by atoms with Crippen molar-refractivity contribution >= 4 is 29.6 Å². The van der Waals surface area contributed by atoms with Gasteiger partial charge < -0.3 is 38.5 Å². The monoisotopic (exact) mass is 792 g/mol. The van der Waals surface area contributed by atoms with Crippen molar-refractivity contribution in [2.45, 2.75) is 114 Å². The van der Waals surface area contributed by atoms with E-state index in [0.717, 1.165) is 48.8 Å². The lowest BCUT2D eigenvalue weighted by atomic mass is 9.71. The summed E-state index contributed by atoms with van der Waals surface area (Å²) in [4.78, 5) is 44.5. The molecule has 0 saturated carbocycles. The largest absolute Gasteiger partial charge is 0.493 e. The van der Waals surface area contributed by atoms with Gasteiger partial charge in [-0.25, -0.2) is 4.79 Å². The van der Waals surface area contributed by atoms with Gasteiger partial charge in [-0.1, -0.05) is 38.7 Å². The van der Waals surface area contributed by atoms with Gasteiger partial charge in [-0.3, -0.25) is 19.4 Å². The Kier molecular flexibility index (Phi) is 11.9. The van der Waals surface area contributed by atoms with E-state index in [1.807, 2.05) is 20.9 Å². The maximum atomic E-state index is 13.9. The fourth-order valence-electron chi connectivity index (χ4n) is 9.46. The van der Waals surface area contributed by atoms with E-state index in [1.54, 1.807) is 14.2 Å². The summed E-state index contributed by atoms with van der Waals surface area (Å²) in [5.41, 5.74) is 4.83. The minimum absolute atomic E-state index is 0.0137. The molecule has 15 heteroatoms. The summed E-state index contributed by atoms with van der Waals surface area (Å²) in [5, 5.41) is 13.6. The minimum atomic E-state index is -0.936. The Bertz CT molecular complexity index is 1920. The Balaban J connectivity index is 1.42. The Morgan fingerprint density at radius 3 is 2.52 bits per heavy atom. The molecule has 2 fully saturated rings. The topological polar surface area (TPSA) is 158 Å². The number of nitrogens with zero attached hydrogens (tertiary/aromatic N) is 3. The number of unbranched alkanes of at least 4 members (excludes halogenated alkanes) is 4. The van der Waals surface area contributed by atoms with E-state index in [2.05, 4.69) is 34.2 Å². The fraction of sp³-hybridized carbons (Fsp3) is 0.610. The Morgan fingerprint density at radius 1 is 1.04 bits per heavy atom. The zero-order chi connectivity index (χ0) is 39.8. The van der Waals surface area contributed by atoms with Gasteiger partial charge in [0.25, 0.3) is 0 Å². The van der Waals surface area contributed by atoms with E-state index in [9.17, 15) is 19.6 Å². The van der Waals surface area contributed by atoms with Crippen LogP contribution in [0.5, 0.6) is 28.7 Å². The molecule has 7 atom stereocenters. The van der Waals surface area contributed by atoms with Crippen molar-refractivity contribution < 1.29 is 47.5 Å². The van der Waals surface area contributed by atoms with Crippen molar-refractivity contribution in [3.8, 4) is 34.8 Å². The molecule has 0 radical (unpaired) electrons. The molecule has 302 valence electrons. The van der Waals surface area contributed by atoms with E-state index < -0.39 is 41.4 Å². The molecule has 14 nitrogen and oxygen atoms in total. The number of carbonyl (C=O) groups excluding carboxylic acids is 3. The molecular formula is C41H52N4O10S. The number of fused-ring (bicyclic) bond motifs is 10. The van der Waals surface area contributed by atoms with Gasteiger partial charge >= 0.3 is 11.9 Å². The van der Waals surface area contributed by atoms with Crippen LogP contribution in [-0.2, 0) is 30.3 Å². The molecule has 6 aliphatic rings. The number of piperazine rings is 1. The summed E-state index contributed by atoms with van der Waals surface area (Å²) >= 11 is 1.46. The lowest BCUT2D eigenvalue weighted by molar-refractivity contribution is -0.152. The fourth-order valence-corrected chi connectivity index (χ4v) is 11.0. The number of likely N-dealkylation sites (N-methyl/N-ethyl adjacent to an activating group) is 1. The van der Waals surface area contributed by atoms with E-state index in [4.69, 9.17) is 33.2 Å². The van der Waals surface area contributed by atoms with E-state index in [-0.39, 0.29) is 43.9 Å². The third-order valence-electron chi connectivity index (χ3n) is 11.8. The van der Waals surface area contributed by atoms with Gasteiger partial charge in [0.2, 0.25) is 12.7 Å². The van der Waals surface area contributed by atoms with Gasteiger partial charge in [0.15, 0.2) is 29.8 Å². The van der Waals surface area contributed by atoms with Gasteiger partial charge in [-0.05, 0) is 44.9 Å². The van der Waals surface area contributed by atoms with E-state index in [0.29, 0.717) is 58.3 Å². The summed E-state index contributed by atoms with van der Waals surface area (Å²) < 4.78 is 42.3. The molecule has 2 aromatic carbocycles. The summed E-state index contributed by atoms with van der Waals surface area (Å²) in [6.45, 7) is 7.11. The second-order valence-corrected chi connectivity index (χ2v) is 16.4. The third kappa shape index (κ3) is 6.92. The van der Waals surface area contributed by atoms with Crippen molar-refractivity contribution in [2.75, 3.05) is 47.2 Å². The number of nitrogens with one attached hydrogen (secondary N) is 1. The predicted octanol–water partition coefficient (Wildman–Crippen LogP) is 5.35. The van der Waals surface area contributed by atoms with E-state index >= 15 is 0 Å². The Morgan fingerprint density at radius 2 is 1.80 bits per heavy atom. The average Bonchev–Trinajstić information content (AvgIpc) is 3.66. The first-order valence-electron chi connectivity index (χ1n) is 19.5. The first-order chi connectivity index (χ1) is 27.1. The summed E-state index contributed by atoms with van der Waals surface area (Å²) in [6.07, 6.45) is 5.81. The normalized spacial score (nSPS) is 26.2. The molecule has 2 aromatic rings. The second kappa shape index (κ2) is 16.7.